The standard InChI is InChI=1S/C19H30N2O2/c1-4-14-5-7-16(8-6-14)19(2,3)13-21-18(22)17(20)15-9-11-23-12-10-15/h5-8,15,17H,4,9-13,20H2,1-3H3,(H,21,22). The Hall–Kier alpha value is -1.39. The molecule has 23 heavy (non-hydrogen) atoms. The number of hydrogen-bond acceptors (Lipinski definition) is 3. The van der Waals surface area contributed by atoms with Gasteiger partial charge < -0.3 is 15.8 Å². The number of rotatable bonds is 6. The molecule has 1 amide bonds. The van der Waals surface area contributed by atoms with Gasteiger partial charge in [0.05, 0.1) is 6.04 Å². The Bertz CT molecular complexity index is 505. The van der Waals surface area contributed by atoms with Crippen LogP contribution < -0.4 is 11.1 Å². The number of nitrogens with one attached hydrogen (secondary N) is 1. The third-order valence-electron chi connectivity index (χ3n) is 4.92. The number of nitrogens with two attached hydrogens (primary N) is 1. The van der Waals surface area contributed by atoms with Crippen molar-refractivity contribution in [2.24, 2.45) is 11.7 Å². The fourth-order valence-corrected chi connectivity index (χ4v) is 3.01. The van der Waals surface area contributed by atoms with Crippen molar-refractivity contribution in [2.45, 2.75) is 51.5 Å². The van der Waals surface area contributed by atoms with Gasteiger partial charge in [-0.3, -0.25) is 4.79 Å². The number of amides is 1. The molecule has 128 valence electrons. The molecule has 0 spiro atoms. The zero-order valence-corrected chi connectivity index (χ0v) is 14.6. The van der Waals surface area contributed by atoms with E-state index in [9.17, 15) is 4.79 Å². The highest BCUT2D eigenvalue weighted by Gasteiger charge is 2.28. The maximum atomic E-state index is 12.3. The predicted molar refractivity (Wildman–Crippen MR) is 93.4 cm³/mol. The zero-order valence-electron chi connectivity index (χ0n) is 14.6. The van der Waals surface area contributed by atoms with Gasteiger partial charge in [0.15, 0.2) is 0 Å². The fraction of sp³-hybridized carbons (Fsp3) is 0.632. The Kier molecular flexibility index (Phi) is 6.19. The molecule has 1 aliphatic heterocycles. The monoisotopic (exact) mass is 318 g/mol. The molecule has 0 radical (unpaired) electrons. The minimum absolute atomic E-state index is 0.0462. The van der Waals surface area contributed by atoms with E-state index in [1.54, 1.807) is 0 Å². The van der Waals surface area contributed by atoms with E-state index in [2.05, 4.69) is 50.4 Å². The summed E-state index contributed by atoms with van der Waals surface area (Å²) in [5, 5.41) is 3.04. The fourth-order valence-electron chi connectivity index (χ4n) is 3.01. The summed E-state index contributed by atoms with van der Waals surface area (Å²) in [6, 6.07) is 8.20. The van der Waals surface area contributed by atoms with Crippen LogP contribution in [0.25, 0.3) is 0 Å². The molecule has 4 nitrogen and oxygen atoms in total. The SMILES string of the molecule is CCc1ccc(C(C)(C)CNC(=O)C(N)C2CCOCC2)cc1. The Morgan fingerprint density at radius 3 is 2.48 bits per heavy atom. The van der Waals surface area contributed by atoms with Gasteiger partial charge in [0.25, 0.3) is 0 Å². The summed E-state index contributed by atoms with van der Waals surface area (Å²) < 4.78 is 5.33. The molecule has 1 unspecified atom stereocenters. The highest BCUT2D eigenvalue weighted by molar-refractivity contribution is 5.81. The predicted octanol–water partition coefficient (Wildman–Crippen LogP) is 2.40. The third kappa shape index (κ3) is 4.79. The molecule has 1 aliphatic rings. The second-order valence-corrected chi connectivity index (χ2v) is 7.13. The number of benzene rings is 1. The van der Waals surface area contributed by atoms with Crippen molar-refractivity contribution in [1.29, 1.82) is 0 Å². The van der Waals surface area contributed by atoms with Gasteiger partial charge in [0.2, 0.25) is 5.91 Å². The van der Waals surface area contributed by atoms with Gasteiger partial charge in [-0.05, 0) is 36.3 Å². The van der Waals surface area contributed by atoms with Gasteiger partial charge in [-0.1, -0.05) is 45.0 Å². The highest BCUT2D eigenvalue weighted by Crippen LogP contribution is 2.23. The molecule has 0 bridgehead atoms. The van der Waals surface area contributed by atoms with Gasteiger partial charge in [-0.2, -0.15) is 0 Å². The summed E-state index contributed by atoms with van der Waals surface area (Å²) in [4.78, 5) is 12.3. The van der Waals surface area contributed by atoms with E-state index in [0.29, 0.717) is 19.8 Å². The molecule has 0 aliphatic carbocycles. The van der Waals surface area contributed by atoms with E-state index >= 15 is 0 Å². The number of hydrogen-bond donors (Lipinski definition) is 2. The van der Waals surface area contributed by atoms with Gasteiger partial charge in [0, 0.05) is 25.2 Å². The number of carbonyl (C=O) groups is 1. The molecule has 2 rings (SSSR count). The molecule has 1 aromatic rings. The van der Waals surface area contributed by atoms with Crippen molar-refractivity contribution < 1.29 is 9.53 Å². The first-order valence-electron chi connectivity index (χ1n) is 8.64. The molecule has 1 saturated heterocycles. The quantitative estimate of drug-likeness (QED) is 0.846. The van der Waals surface area contributed by atoms with Crippen molar-refractivity contribution in [2.75, 3.05) is 19.8 Å². The molecule has 1 atom stereocenters. The van der Waals surface area contributed by atoms with Gasteiger partial charge in [-0.15, -0.1) is 0 Å². The van der Waals surface area contributed by atoms with Crippen LogP contribution in [0.2, 0.25) is 0 Å². The molecule has 1 heterocycles. The average Bonchev–Trinajstić information content (AvgIpc) is 2.60. The van der Waals surface area contributed by atoms with E-state index in [-0.39, 0.29) is 17.2 Å². The number of carbonyl (C=O) groups excluding carboxylic acids is 1. The van der Waals surface area contributed by atoms with Crippen LogP contribution in [0.4, 0.5) is 0 Å². The second-order valence-electron chi connectivity index (χ2n) is 7.13. The average molecular weight is 318 g/mol. The van der Waals surface area contributed by atoms with Crippen LogP contribution in [0.3, 0.4) is 0 Å². The van der Waals surface area contributed by atoms with E-state index in [1.165, 1.54) is 11.1 Å². The third-order valence-corrected chi connectivity index (χ3v) is 4.92. The first-order chi connectivity index (χ1) is 10.9. The zero-order chi connectivity index (χ0) is 16.9. The molecule has 0 aromatic heterocycles. The summed E-state index contributed by atoms with van der Waals surface area (Å²) in [6.07, 6.45) is 2.78. The van der Waals surface area contributed by atoms with Crippen LogP contribution in [0.1, 0.15) is 44.7 Å². The van der Waals surface area contributed by atoms with Crippen LogP contribution >= 0.6 is 0 Å². The highest BCUT2D eigenvalue weighted by atomic mass is 16.5. The Morgan fingerprint density at radius 2 is 1.91 bits per heavy atom. The van der Waals surface area contributed by atoms with Crippen LogP contribution in [-0.2, 0) is 21.4 Å². The number of ether oxygens (including phenoxy) is 1. The molecule has 3 N–H and O–H groups in total. The van der Waals surface area contributed by atoms with Crippen LogP contribution in [0.5, 0.6) is 0 Å². The second kappa shape index (κ2) is 7.93. The molecule has 1 aromatic carbocycles. The van der Waals surface area contributed by atoms with Crippen molar-refractivity contribution >= 4 is 5.91 Å². The van der Waals surface area contributed by atoms with E-state index < -0.39 is 6.04 Å². The van der Waals surface area contributed by atoms with E-state index in [1.807, 2.05) is 0 Å². The minimum atomic E-state index is -0.433. The summed E-state index contributed by atoms with van der Waals surface area (Å²) >= 11 is 0. The normalized spacial score (nSPS) is 17.7. The maximum absolute atomic E-state index is 12.3. The van der Waals surface area contributed by atoms with Crippen molar-refractivity contribution in [1.82, 2.24) is 5.32 Å². The van der Waals surface area contributed by atoms with Crippen LogP contribution in [-0.4, -0.2) is 31.7 Å². The first kappa shape index (κ1) is 18.0. The molecule has 1 fully saturated rings. The van der Waals surface area contributed by atoms with Crippen LogP contribution in [0.15, 0.2) is 24.3 Å². The topological polar surface area (TPSA) is 64.4 Å². The van der Waals surface area contributed by atoms with Gasteiger partial charge >= 0.3 is 0 Å². The lowest BCUT2D eigenvalue weighted by Gasteiger charge is -2.30. The Balaban J connectivity index is 1.90. The minimum Gasteiger partial charge on any atom is -0.381 e. The molecular formula is C19H30N2O2. The summed E-state index contributed by atoms with van der Waals surface area (Å²) in [5.74, 6) is 0.186. The summed E-state index contributed by atoms with van der Waals surface area (Å²) in [6.45, 7) is 8.45. The Labute approximate surface area is 139 Å². The lowest BCUT2D eigenvalue weighted by molar-refractivity contribution is -0.124. The smallest absolute Gasteiger partial charge is 0.237 e. The molecular weight excluding hydrogens is 288 g/mol. The van der Waals surface area contributed by atoms with Gasteiger partial charge in [-0.25, -0.2) is 0 Å². The van der Waals surface area contributed by atoms with E-state index in [4.69, 9.17) is 10.5 Å². The van der Waals surface area contributed by atoms with Gasteiger partial charge in [0.1, 0.15) is 0 Å². The number of aryl methyl sites for hydroxylation is 1. The van der Waals surface area contributed by atoms with Crippen molar-refractivity contribution in [3.8, 4) is 0 Å². The lowest BCUT2D eigenvalue weighted by Crippen LogP contribution is -2.49. The maximum Gasteiger partial charge on any atom is 0.237 e. The van der Waals surface area contributed by atoms with E-state index in [0.717, 1.165) is 19.3 Å². The molecule has 4 heteroatoms. The summed E-state index contributed by atoms with van der Waals surface area (Å²) in [7, 11) is 0. The van der Waals surface area contributed by atoms with Crippen LogP contribution in [0, 0.1) is 5.92 Å². The summed E-state index contributed by atoms with van der Waals surface area (Å²) in [5.41, 5.74) is 8.58. The molecule has 0 saturated carbocycles. The van der Waals surface area contributed by atoms with Crippen molar-refractivity contribution in [3.63, 3.8) is 0 Å². The Morgan fingerprint density at radius 1 is 1.30 bits per heavy atom. The van der Waals surface area contributed by atoms with Crippen molar-refractivity contribution in [3.05, 3.63) is 35.4 Å². The largest absolute Gasteiger partial charge is 0.381 e. The lowest BCUT2D eigenvalue weighted by atomic mass is 9.83. The first-order valence-corrected chi connectivity index (χ1v) is 8.64.